The van der Waals surface area contributed by atoms with Crippen molar-refractivity contribution in [2.24, 2.45) is 0 Å². The number of sulfonamides is 1. The molecule has 0 aliphatic rings. The summed E-state index contributed by atoms with van der Waals surface area (Å²) in [6.45, 7) is 0.238. The van der Waals surface area contributed by atoms with E-state index >= 15 is 0 Å². The third-order valence-electron chi connectivity index (χ3n) is 4.76. The summed E-state index contributed by atoms with van der Waals surface area (Å²) in [6.07, 6.45) is 3.32. The van der Waals surface area contributed by atoms with E-state index in [4.69, 9.17) is 16.3 Å². The van der Waals surface area contributed by atoms with Crippen LogP contribution in [0.4, 0.5) is 5.69 Å². The molecule has 164 valence electrons. The van der Waals surface area contributed by atoms with Gasteiger partial charge in [-0.2, -0.15) is 0 Å². The van der Waals surface area contributed by atoms with Crippen molar-refractivity contribution in [3.63, 3.8) is 0 Å². The van der Waals surface area contributed by atoms with Gasteiger partial charge in [0.15, 0.2) is 0 Å². The first-order valence-electron chi connectivity index (χ1n) is 9.52. The summed E-state index contributed by atoms with van der Waals surface area (Å²) in [4.78, 5) is 19.5. The third-order valence-corrected chi connectivity index (χ3v) is 6.37. The lowest BCUT2D eigenvalue weighted by Crippen LogP contribution is -2.23. The lowest BCUT2D eigenvalue weighted by Gasteiger charge is -2.12. The van der Waals surface area contributed by atoms with Crippen molar-refractivity contribution in [1.82, 2.24) is 15.3 Å². The van der Waals surface area contributed by atoms with Crippen molar-refractivity contribution < 1.29 is 17.9 Å². The van der Waals surface area contributed by atoms with Crippen molar-refractivity contribution in [1.29, 1.82) is 0 Å². The number of halogens is 1. The van der Waals surface area contributed by atoms with Gasteiger partial charge in [0.2, 0.25) is 0 Å². The summed E-state index contributed by atoms with van der Waals surface area (Å²) in [6, 6.07) is 14.4. The summed E-state index contributed by atoms with van der Waals surface area (Å²) in [5, 5.41) is 4.03. The highest BCUT2D eigenvalue weighted by atomic mass is 35.5. The summed E-state index contributed by atoms with van der Waals surface area (Å²) in [5.74, 6) is 0.0812. The van der Waals surface area contributed by atoms with E-state index in [-0.39, 0.29) is 23.0 Å². The van der Waals surface area contributed by atoms with Gasteiger partial charge in [0.25, 0.3) is 15.9 Å². The number of amides is 1. The number of methoxy groups -OCH3 is 1. The second-order valence-corrected chi connectivity index (χ2v) is 9.04. The van der Waals surface area contributed by atoms with Gasteiger partial charge in [0, 0.05) is 34.9 Å². The number of anilines is 1. The molecule has 32 heavy (non-hydrogen) atoms. The van der Waals surface area contributed by atoms with Crippen LogP contribution in [0.1, 0.15) is 16.1 Å². The maximum absolute atomic E-state index is 12.7. The first-order valence-corrected chi connectivity index (χ1v) is 11.4. The minimum Gasteiger partial charge on any atom is -0.495 e. The minimum atomic E-state index is -3.86. The number of fused-ring (bicyclic) bond motifs is 1. The predicted octanol–water partition coefficient (Wildman–Crippen LogP) is 3.96. The average molecular weight is 471 g/mol. The summed E-state index contributed by atoms with van der Waals surface area (Å²) in [7, 11) is -2.41. The smallest absolute Gasteiger partial charge is 0.267 e. The van der Waals surface area contributed by atoms with Gasteiger partial charge in [-0.3, -0.25) is 14.5 Å². The maximum atomic E-state index is 12.7. The zero-order valence-corrected chi connectivity index (χ0v) is 18.5. The van der Waals surface area contributed by atoms with E-state index in [9.17, 15) is 13.2 Å². The molecule has 0 unspecified atom stereocenters. The highest BCUT2D eigenvalue weighted by Gasteiger charge is 2.17. The molecule has 0 bridgehead atoms. The van der Waals surface area contributed by atoms with E-state index < -0.39 is 10.0 Å². The number of nitrogens with one attached hydrogen (secondary N) is 3. The minimum absolute atomic E-state index is 0.0673. The highest BCUT2D eigenvalue weighted by molar-refractivity contribution is 7.92. The molecule has 4 rings (SSSR count). The highest BCUT2D eigenvalue weighted by Crippen LogP contribution is 2.29. The number of hydrogen-bond acceptors (Lipinski definition) is 5. The normalized spacial score (nSPS) is 11.3. The molecule has 2 aromatic heterocycles. The van der Waals surface area contributed by atoms with E-state index in [1.54, 1.807) is 48.8 Å². The van der Waals surface area contributed by atoms with Crippen molar-refractivity contribution in [3.8, 4) is 5.75 Å². The molecule has 8 nitrogen and oxygen atoms in total. The molecule has 0 aliphatic heterocycles. The molecule has 0 fully saturated rings. The summed E-state index contributed by atoms with van der Waals surface area (Å²) < 4.78 is 33.1. The Kier molecular flexibility index (Phi) is 6.02. The van der Waals surface area contributed by atoms with E-state index in [1.807, 2.05) is 0 Å². The maximum Gasteiger partial charge on any atom is 0.267 e. The van der Waals surface area contributed by atoms with Crippen molar-refractivity contribution in [2.45, 2.75) is 11.4 Å². The Balaban J connectivity index is 1.43. The van der Waals surface area contributed by atoms with Crippen LogP contribution in [-0.4, -0.2) is 31.4 Å². The van der Waals surface area contributed by atoms with Crippen LogP contribution in [0.5, 0.6) is 5.75 Å². The van der Waals surface area contributed by atoms with E-state index in [0.717, 1.165) is 16.5 Å². The molecule has 0 saturated heterocycles. The molecule has 2 aromatic carbocycles. The van der Waals surface area contributed by atoms with Crippen LogP contribution >= 0.6 is 11.6 Å². The first kappa shape index (κ1) is 21.7. The molecule has 0 aliphatic carbocycles. The number of aromatic nitrogens is 2. The number of pyridine rings is 1. The van der Waals surface area contributed by atoms with Gasteiger partial charge in [0.1, 0.15) is 11.4 Å². The number of benzene rings is 2. The number of carbonyl (C=O) groups excluding carboxylic acids is 1. The Bertz CT molecular complexity index is 1350. The fraction of sp³-hybridized carbons (Fsp3) is 0.0909. The van der Waals surface area contributed by atoms with Crippen LogP contribution in [0, 0.1) is 0 Å². The van der Waals surface area contributed by atoms with Crippen LogP contribution in [0.15, 0.2) is 71.9 Å². The number of ether oxygens (including phenoxy) is 1. The number of H-pyrrole nitrogens is 1. The first-order chi connectivity index (χ1) is 15.4. The van der Waals surface area contributed by atoms with Gasteiger partial charge in [-0.15, -0.1) is 0 Å². The summed E-state index contributed by atoms with van der Waals surface area (Å²) in [5.41, 5.74) is 2.23. The van der Waals surface area contributed by atoms with Gasteiger partial charge >= 0.3 is 0 Å². The zero-order valence-electron chi connectivity index (χ0n) is 16.9. The zero-order chi connectivity index (χ0) is 22.7. The third kappa shape index (κ3) is 4.68. The number of hydrogen-bond donors (Lipinski definition) is 3. The number of nitrogens with zero attached hydrogens (tertiary/aromatic N) is 1. The monoisotopic (exact) mass is 470 g/mol. The van der Waals surface area contributed by atoms with Crippen LogP contribution in [0.25, 0.3) is 10.9 Å². The number of aromatic amines is 1. The van der Waals surface area contributed by atoms with Gasteiger partial charge < -0.3 is 15.0 Å². The molecule has 0 saturated carbocycles. The van der Waals surface area contributed by atoms with E-state index in [1.165, 1.54) is 25.3 Å². The van der Waals surface area contributed by atoms with E-state index in [2.05, 4.69) is 20.0 Å². The predicted molar refractivity (Wildman–Crippen MR) is 123 cm³/mol. The topological polar surface area (TPSA) is 113 Å². The fourth-order valence-corrected chi connectivity index (χ4v) is 4.36. The van der Waals surface area contributed by atoms with Gasteiger partial charge in [-0.25, -0.2) is 8.42 Å². The Morgan fingerprint density at radius 3 is 2.62 bits per heavy atom. The number of rotatable bonds is 7. The van der Waals surface area contributed by atoms with Crippen molar-refractivity contribution in [2.75, 3.05) is 11.8 Å². The SMILES string of the molecule is COc1ccc(Cl)cc1NS(=O)(=O)c1ccc(CNC(=O)c2cc3cnccc3[nH]2)cc1. The molecule has 0 atom stereocenters. The Morgan fingerprint density at radius 2 is 1.91 bits per heavy atom. The standard InChI is InChI=1S/C22H19ClN4O4S/c1-31-21-7-4-16(23)11-19(21)27-32(29,30)17-5-2-14(3-6-17)12-25-22(28)20-10-15-13-24-9-8-18(15)26-20/h2-11,13,26-27H,12H2,1H3,(H,25,28). The van der Waals surface area contributed by atoms with Crippen molar-refractivity contribution >= 4 is 44.1 Å². The van der Waals surface area contributed by atoms with Gasteiger partial charge in [-0.1, -0.05) is 23.7 Å². The van der Waals surface area contributed by atoms with Crippen LogP contribution < -0.4 is 14.8 Å². The molecule has 10 heteroatoms. The van der Waals surface area contributed by atoms with Crippen LogP contribution in [-0.2, 0) is 16.6 Å². The Labute approximate surface area is 189 Å². The lowest BCUT2D eigenvalue weighted by atomic mass is 10.2. The second kappa shape index (κ2) is 8.89. The molecule has 0 spiro atoms. The number of carbonyl (C=O) groups is 1. The molecule has 4 aromatic rings. The average Bonchev–Trinajstić information content (AvgIpc) is 3.22. The fourth-order valence-electron chi connectivity index (χ4n) is 3.12. The lowest BCUT2D eigenvalue weighted by molar-refractivity contribution is 0.0946. The molecule has 3 N–H and O–H groups in total. The largest absolute Gasteiger partial charge is 0.495 e. The molecule has 0 radical (unpaired) electrons. The Morgan fingerprint density at radius 1 is 1.12 bits per heavy atom. The second-order valence-electron chi connectivity index (χ2n) is 6.92. The molecular formula is C22H19ClN4O4S. The van der Waals surface area contributed by atoms with Crippen LogP contribution in [0.3, 0.4) is 0 Å². The van der Waals surface area contributed by atoms with Gasteiger partial charge in [0.05, 0.1) is 17.7 Å². The Hall–Kier alpha value is -3.56. The molecule has 1 amide bonds. The van der Waals surface area contributed by atoms with Crippen molar-refractivity contribution in [3.05, 3.63) is 83.3 Å². The molecular weight excluding hydrogens is 452 g/mol. The van der Waals surface area contributed by atoms with Crippen LogP contribution in [0.2, 0.25) is 5.02 Å². The van der Waals surface area contributed by atoms with Gasteiger partial charge in [-0.05, 0) is 48.0 Å². The molecule has 2 heterocycles. The quantitative estimate of drug-likeness (QED) is 0.378. The van der Waals surface area contributed by atoms with E-state index in [0.29, 0.717) is 16.5 Å². The summed E-state index contributed by atoms with van der Waals surface area (Å²) >= 11 is 5.97.